The van der Waals surface area contributed by atoms with Crippen LogP contribution in [0.2, 0.25) is 0 Å². The molecule has 2 heterocycles. The number of hydrogen-bond donors (Lipinski definition) is 2. The van der Waals surface area contributed by atoms with Gasteiger partial charge in [-0.05, 0) is 25.0 Å². The predicted octanol–water partition coefficient (Wildman–Crippen LogP) is 0.292. The second-order valence-electron chi connectivity index (χ2n) is 5.75. The maximum Gasteiger partial charge on any atom is 0.229 e. The summed E-state index contributed by atoms with van der Waals surface area (Å²) in [7, 11) is 0. The van der Waals surface area contributed by atoms with Crippen molar-refractivity contribution in [3.05, 3.63) is 29.6 Å². The summed E-state index contributed by atoms with van der Waals surface area (Å²) in [6, 6.07) is 3.24. The first kappa shape index (κ1) is 16.9. The van der Waals surface area contributed by atoms with E-state index in [2.05, 4.69) is 4.98 Å². The maximum absolute atomic E-state index is 12.6. The van der Waals surface area contributed by atoms with Crippen LogP contribution in [0.25, 0.3) is 0 Å². The zero-order chi connectivity index (χ0) is 16.1. The topological polar surface area (TPSA) is 82.9 Å². The van der Waals surface area contributed by atoms with Crippen molar-refractivity contribution in [3.8, 4) is 0 Å². The molecule has 0 radical (unpaired) electrons. The van der Waals surface area contributed by atoms with Crippen LogP contribution in [0.5, 0.6) is 0 Å². The quantitative estimate of drug-likeness (QED) is 0.817. The fourth-order valence-corrected chi connectivity index (χ4v) is 2.61. The normalized spacial score (nSPS) is 25.0. The molecule has 1 amide bonds. The van der Waals surface area contributed by atoms with Crippen LogP contribution in [0.15, 0.2) is 18.3 Å². The first-order valence-electron chi connectivity index (χ1n) is 7.67. The third-order valence-corrected chi connectivity index (χ3v) is 3.86. The van der Waals surface area contributed by atoms with Crippen LogP contribution < -0.4 is 0 Å². The first-order valence-corrected chi connectivity index (χ1v) is 7.67. The molecule has 6 nitrogen and oxygen atoms in total. The molecule has 0 aliphatic carbocycles. The average Bonchev–Trinajstić information content (AvgIpc) is 2.50. The second kappa shape index (κ2) is 7.67. The number of aliphatic hydroxyl groups excluding tert-OH is 2. The Morgan fingerprint density at radius 1 is 1.41 bits per heavy atom. The fourth-order valence-electron chi connectivity index (χ4n) is 2.61. The van der Waals surface area contributed by atoms with Crippen LogP contribution in [0.4, 0.5) is 0 Å². The van der Waals surface area contributed by atoms with Crippen LogP contribution >= 0.6 is 0 Å². The third kappa shape index (κ3) is 4.03. The third-order valence-electron chi connectivity index (χ3n) is 3.86. The minimum Gasteiger partial charge on any atom is -0.388 e. The van der Waals surface area contributed by atoms with E-state index in [1.54, 1.807) is 11.1 Å². The molecule has 2 N–H and O–H groups in total. The molecule has 0 aromatic carbocycles. The Bertz CT molecular complexity index is 491. The van der Waals surface area contributed by atoms with Gasteiger partial charge in [0.15, 0.2) is 0 Å². The van der Waals surface area contributed by atoms with Gasteiger partial charge in [0.2, 0.25) is 5.91 Å². The molecule has 0 saturated carbocycles. The summed E-state index contributed by atoms with van der Waals surface area (Å²) >= 11 is 0. The van der Waals surface area contributed by atoms with Crippen molar-refractivity contribution >= 4 is 5.91 Å². The van der Waals surface area contributed by atoms with Gasteiger partial charge in [-0.1, -0.05) is 13.0 Å². The summed E-state index contributed by atoms with van der Waals surface area (Å²) < 4.78 is 5.29. The molecule has 0 unspecified atom stereocenters. The molecule has 6 heteroatoms. The van der Waals surface area contributed by atoms with E-state index in [1.807, 2.05) is 26.0 Å². The lowest BCUT2D eigenvalue weighted by Gasteiger charge is -2.39. The van der Waals surface area contributed by atoms with Crippen molar-refractivity contribution in [1.29, 1.82) is 0 Å². The number of pyridine rings is 1. The van der Waals surface area contributed by atoms with Crippen molar-refractivity contribution in [2.45, 2.75) is 44.9 Å². The second-order valence-corrected chi connectivity index (χ2v) is 5.75. The van der Waals surface area contributed by atoms with E-state index in [0.717, 1.165) is 12.0 Å². The number of aryl methyl sites for hydroxylation is 1. The van der Waals surface area contributed by atoms with Gasteiger partial charge in [0.1, 0.15) is 12.2 Å². The smallest absolute Gasteiger partial charge is 0.229 e. The Balaban J connectivity index is 2.09. The van der Waals surface area contributed by atoms with Gasteiger partial charge in [0.25, 0.3) is 0 Å². The summed E-state index contributed by atoms with van der Waals surface area (Å²) in [6.07, 6.45) is 0.750. The molecule has 1 fully saturated rings. The summed E-state index contributed by atoms with van der Waals surface area (Å²) in [5.74, 6) is -0.111. The van der Waals surface area contributed by atoms with Gasteiger partial charge < -0.3 is 19.8 Å². The summed E-state index contributed by atoms with van der Waals surface area (Å²) in [5.41, 5.74) is 1.74. The van der Waals surface area contributed by atoms with Gasteiger partial charge in [0.05, 0.1) is 25.7 Å². The summed E-state index contributed by atoms with van der Waals surface area (Å²) in [6.45, 7) is 4.77. The molecule has 1 aromatic heterocycles. The van der Waals surface area contributed by atoms with Gasteiger partial charge in [0, 0.05) is 18.4 Å². The molecule has 0 spiro atoms. The van der Waals surface area contributed by atoms with E-state index in [1.165, 1.54) is 0 Å². The van der Waals surface area contributed by atoms with Crippen molar-refractivity contribution in [1.82, 2.24) is 9.88 Å². The van der Waals surface area contributed by atoms with Crippen LogP contribution in [0, 0.1) is 6.92 Å². The number of ether oxygens (including phenoxy) is 1. The van der Waals surface area contributed by atoms with Gasteiger partial charge in [-0.15, -0.1) is 0 Å². The van der Waals surface area contributed by atoms with Gasteiger partial charge in [-0.25, -0.2) is 0 Å². The number of hydrogen-bond acceptors (Lipinski definition) is 5. The number of rotatable bonds is 5. The van der Waals surface area contributed by atoms with Crippen molar-refractivity contribution < 1.29 is 19.7 Å². The lowest BCUT2D eigenvalue weighted by atomic mass is 10.0. The lowest BCUT2D eigenvalue weighted by Crippen LogP contribution is -2.58. The summed E-state index contributed by atoms with van der Waals surface area (Å²) in [5, 5.41) is 19.9. The van der Waals surface area contributed by atoms with Gasteiger partial charge in [-0.3, -0.25) is 9.78 Å². The van der Waals surface area contributed by atoms with Crippen LogP contribution in [0.1, 0.15) is 24.6 Å². The Hall–Kier alpha value is -1.50. The van der Waals surface area contributed by atoms with E-state index >= 15 is 0 Å². The average molecular weight is 308 g/mol. The zero-order valence-corrected chi connectivity index (χ0v) is 13.1. The Kier molecular flexibility index (Phi) is 5.88. The Labute approximate surface area is 130 Å². The van der Waals surface area contributed by atoms with E-state index in [-0.39, 0.29) is 25.5 Å². The molecular formula is C16H24N2O4. The molecule has 1 aromatic rings. The molecule has 1 aliphatic heterocycles. The van der Waals surface area contributed by atoms with E-state index in [9.17, 15) is 15.0 Å². The molecule has 122 valence electrons. The van der Waals surface area contributed by atoms with Crippen molar-refractivity contribution in [2.24, 2.45) is 0 Å². The van der Waals surface area contributed by atoms with Gasteiger partial charge >= 0.3 is 0 Å². The molecule has 1 saturated heterocycles. The molecular weight excluding hydrogens is 284 g/mol. The van der Waals surface area contributed by atoms with E-state index < -0.39 is 18.2 Å². The number of carbonyl (C=O) groups excluding carboxylic acids is 1. The highest BCUT2D eigenvalue weighted by molar-refractivity contribution is 5.78. The predicted molar refractivity (Wildman–Crippen MR) is 81.3 cm³/mol. The number of amides is 1. The molecule has 0 bridgehead atoms. The van der Waals surface area contributed by atoms with Crippen molar-refractivity contribution in [3.63, 3.8) is 0 Å². The van der Waals surface area contributed by atoms with Crippen LogP contribution in [-0.4, -0.2) is 64.0 Å². The molecule has 1 aliphatic rings. The standard InChI is InChI=1S/C16H24N2O4/c1-3-6-18(13-9-22-10-14(19)16(13)21)15(20)7-12-5-4-11(2)8-17-12/h4-5,8,13-14,16,19,21H,3,6-7,9-10H2,1-2H3/t13-,14-,16+/m1/s1. The number of aromatic nitrogens is 1. The van der Waals surface area contributed by atoms with Crippen LogP contribution in [-0.2, 0) is 16.0 Å². The largest absolute Gasteiger partial charge is 0.388 e. The number of aliphatic hydroxyl groups is 2. The fraction of sp³-hybridized carbons (Fsp3) is 0.625. The molecule has 22 heavy (non-hydrogen) atoms. The molecule has 2 rings (SSSR count). The first-order chi connectivity index (χ1) is 10.5. The van der Waals surface area contributed by atoms with Crippen LogP contribution in [0.3, 0.4) is 0 Å². The number of carbonyl (C=O) groups is 1. The van der Waals surface area contributed by atoms with Crippen molar-refractivity contribution in [2.75, 3.05) is 19.8 Å². The minimum absolute atomic E-state index is 0.103. The Morgan fingerprint density at radius 2 is 2.18 bits per heavy atom. The SMILES string of the molecule is CCCN(C(=O)Cc1ccc(C)cn1)[C@@H]1COC[C@@H](O)[C@H]1O. The Morgan fingerprint density at radius 3 is 2.82 bits per heavy atom. The molecule has 3 atom stereocenters. The zero-order valence-electron chi connectivity index (χ0n) is 13.1. The summed E-state index contributed by atoms with van der Waals surface area (Å²) in [4.78, 5) is 18.4. The van der Waals surface area contributed by atoms with E-state index in [0.29, 0.717) is 12.2 Å². The van der Waals surface area contributed by atoms with Gasteiger partial charge in [-0.2, -0.15) is 0 Å². The monoisotopic (exact) mass is 308 g/mol. The number of nitrogens with zero attached hydrogens (tertiary/aromatic N) is 2. The maximum atomic E-state index is 12.6. The lowest BCUT2D eigenvalue weighted by molar-refractivity contribution is -0.155. The highest BCUT2D eigenvalue weighted by Gasteiger charge is 2.37. The van der Waals surface area contributed by atoms with E-state index in [4.69, 9.17) is 4.74 Å². The highest BCUT2D eigenvalue weighted by atomic mass is 16.5. The minimum atomic E-state index is -0.977. The highest BCUT2D eigenvalue weighted by Crippen LogP contribution is 2.17.